The largest absolute Gasteiger partial charge is 0.481 e. The van der Waals surface area contributed by atoms with Crippen molar-refractivity contribution in [1.29, 1.82) is 0 Å². The van der Waals surface area contributed by atoms with Crippen molar-refractivity contribution in [2.24, 2.45) is 5.92 Å². The third-order valence-corrected chi connectivity index (χ3v) is 5.74. The van der Waals surface area contributed by atoms with Crippen LogP contribution in [0.25, 0.3) is 0 Å². The third kappa shape index (κ3) is 2.45. The van der Waals surface area contributed by atoms with Crippen LogP contribution >= 0.6 is 0 Å². The Morgan fingerprint density at radius 3 is 2.45 bits per heavy atom. The molecular weight excluding hydrogens is 282 g/mol. The van der Waals surface area contributed by atoms with Gasteiger partial charge >= 0.3 is 5.97 Å². The predicted molar refractivity (Wildman–Crippen MR) is 69.6 cm³/mol. The van der Waals surface area contributed by atoms with Crippen molar-refractivity contribution in [3.05, 3.63) is 12.5 Å². The maximum atomic E-state index is 12.4. The topological polar surface area (TPSA) is 92.5 Å². The first kappa shape index (κ1) is 13.6. The Balaban J connectivity index is 1.73. The van der Waals surface area contributed by atoms with Gasteiger partial charge in [-0.3, -0.25) is 4.79 Å². The number of carbonyl (C=O) groups is 1. The number of hydrogen-bond acceptors (Lipinski definition) is 4. The second-order valence-electron chi connectivity index (χ2n) is 5.41. The lowest BCUT2D eigenvalue weighted by molar-refractivity contribution is -0.142. The molecule has 8 heteroatoms. The van der Waals surface area contributed by atoms with Gasteiger partial charge in [-0.1, -0.05) is 0 Å². The number of hydrogen-bond donors (Lipinski definition) is 1. The zero-order valence-electron chi connectivity index (χ0n) is 11.0. The van der Waals surface area contributed by atoms with Crippen molar-refractivity contribution in [2.45, 2.75) is 36.8 Å². The van der Waals surface area contributed by atoms with E-state index >= 15 is 0 Å². The maximum Gasteiger partial charge on any atom is 0.306 e. The Kier molecular flexibility index (Phi) is 3.29. The molecule has 0 bridgehead atoms. The van der Waals surface area contributed by atoms with Crippen LogP contribution in [0.15, 0.2) is 17.6 Å². The number of aliphatic carboxylic acids is 1. The van der Waals surface area contributed by atoms with Crippen LogP contribution in [0.1, 0.15) is 31.7 Å². The fourth-order valence-electron chi connectivity index (χ4n) is 2.50. The van der Waals surface area contributed by atoms with Gasteiger partial charge in [0.2, 0.25) is 0 Å². The van der Waals surface area contributed by atoms with E-state index in [1.54, 1.807) is 12.5 Å². The average Bonchev–Trinajstić information content (AvgIpc) is 3.16. The van der Waals surface area contributed by atoms with Gasteiger partial charge in [0.15, 0.2) is 5.03 Å². The second-order valence-corrected chi connectivity index (χ2v) is 7.29. The van der Waals surface area contributed by atoms with E-state index < -0.39 is 21.9 Å². The van der Waals surface area contributed by atoms with Gasteiger partial charge in [0.1, 0.15) is 0 Å². The minimum absolute atomic E-state index is 0.0678. The minimum Gasteiger partial charge on any atom is -0.481 e. The van der Waals surface area contributed by atoms with Crippen LogP contribution in [0.2, 0.25) is 0 Å². The maximum absolute atomic E-state index is 12.4. The summed E-state index contributed by atoms with van der Waals surface area (Å²) >= 11 is 0. The van der Waals surface area contributed by atoms with Crippen molar-refractivity contribution in [3.63, 3.8) is 0 Å². The number of carboxylic acids is 1. The van der Waals surface area contributed by atoms with Gasteiger partial charge in [-0.2, -0.15) is 4.31 Å². The van der Waals surface area contributed by atoms with Crippen molar-refractivity contribution in [1.82, 2.24) is 13.9 Å². The van der Waals surface area contributed by atoms with Crippen LogP contribution in [-0.2, 0) is 14.8 Å². The zero-order valence-corrected chi connectivity index (χ0v) is 11.8. The highest BCUT2D eigenvalue weighted by Crippen LogP contribution is 2.35. The van der Waals surface area contributed by atoms with E-state index in [-0.39, 0.29) is 18.1 Å². The standard InChI is InChI=1S/C12H17N3O4S/c16-12(17)9-3-5-15(6-4-9)20(18,19)11-7-14(8-13-11)10-1-2-10/h7-10H,1-6H2,(H,16,17). The number of carboxylic acid groups (broad SMARTS) is 1. The molecule has 2 aliphatic rings. The summed E-state index contributed by atoms with van der Waals surface area (Å²) in [5.41, 5.74) is 0. The van der Waals surface area contributed by atoms with Crippen LogP contribution in [0, 0.1) is 5.92 Å². The summed E-state index contributed by atoms with van der Waals surface area (Å²) in [6.45, 7) is 0.491. The number of piperidine rings is 1. The van der Waals surface area contributed by atoms with Gasteiger partial charge in [-0.05, 0) is 25.7 Å². The lowest BCUT2D eigenvalue weighted by Gasteiger charge is -2.28. The number of rotatable bonds is 4. The van der Waals surface area contributed by atoms with Crippen molar-refractivity contribution < 1.29 is 18.3 Å². The molecule has 0 spiro atoms. The number of sulfonamides is 1. The minimum atomic E-state index is -3.59. The highest BCUT2D eigenvalue weighted by atomic mass is 32.2. The summed E-state index contributed by atoms with van der Waals surface area (Å²) in [6, 6.07) is 0.393. The first-order chi connectivity index (χ1) is 9.48. The summed E-state index contributed by atoms with van der Waals surface area (Å²) in [5.74, 6) is -1.29. The van der Waals surface area contributed by atoms with Gasteiger partial charge in [0, 0.05) is 25.3 Å². The molecular formula is C12H17N3O4S. The predicted octanol–water partition coefficient (Wildman–Crippen LogP) is 0.703. The van der Waals surface area contributed by atoms with E-state index in [1.807, 2.05) is 4.57 Å². The molecule has 0 unspecified atom stereocenters. The third-order valence-electron chi connectivity index (χ3n) is 3.95. The van der Waals surface area contributed by atoms with Gasteiger partial charge in [-0.15, -0.1) is 0 Å². The lowest BCUT2D eigenvalue weighted by atomic mass is 9.99. The van der Waals surface area contributed by atoms with Crippen LogP contribution < -0.4 is 0 Å². The SMILES string of the molecule is O=C(O)C1CCN(S(=O)(=O)c2cn(C3CC3)cn2)CC1. The molecule has 7 nitrogen and oxygen atoms in total. The van der Waals surface area contributed by atoms with Gasteiger partial charge < -0.3 is 9.67 Å². The van der Waals surface area contributed by atoms with E-state index in [0.29, 0.717) is 18.9 Å². The van der Waals surface area contributed by atoms with Crippen molar-refractivity contribution in [3.8, 4) is 0 Å². The molecule has 0 atom stereocenters. The van der Waals surface area contributed by atoms with Crippen LogP contribution in [0.3, 0.4) is 0 Å². The molecule has 1 aromatic heterocycles. The molecule has 1 aliphatic heterocycles. The van der Waals surface area contributed by atoms with Gasteiger partial charge in [-0.25, -0.2) is 13.4 Å². The van der Waals surface area contributed by atoms with E-state index in [0.717, 1.165) is 12.8 Å². The smallest absolute Gasteiger partial charge is 0.306 e. The molecule has 1 saturated carbocycles. The van der Waals surface area contributed by atoms with Crippen LogP contribution in [0.4, 0.5) is 0 Å². The Labute approximate surface area is 117 Å². The number of imidazole rings is 1. The molecule has 0 aromatic carbocycles. The Bertz CT molecular complexity index is 612. The Morgan fingerprint density at radius 2 is 1.90 bits per heavy atom. The molecule has 2 heterocycles. The quantitative estimate of drug-likeness (QED) is 0.883. The second kappa shape index (κ2) is 4.85. The van der Waals surface area contributed by atoms with E-state index in [1.165, 1.54) is 4.31 Å². The van der Waals surface area contributed by atoms with E-state index in [4.69, 9.17) is 5.11 Å². The highest BCUT2D eigenvalue weighted by Gasteiger charge is 2.34. The summed E-state index contributed by atoms with van der Waals surface area (Å²) < 4.78 is 28.0. The first-order valence-electron chi connectivity index (χ1n) is 6.75. The first-order valence-corrected chi connectivity index (χ1v) is 8.19. The number of aromatic nitrogens is 2. The Hall–Kier alpha value is -1.41. The summed E-state index contributed by atoms with van der Waals surface area (Å²) in [6.07, 6.45) is 6.00. The molecule has 1 aliphatic carbocycles. The summed E-state index contributed by atoms with van der Waals surface area (Å²) in [5, 5.41) is 9.00. The molecule has 0 amide bonds. The zero-order chi connectivity index (χ0) is 14.3. The fourth-order valence-corrected chi connectivity index (χ4v) is 3.89. The van der Waals surface area contributed by atoms with Crippen LogP contribution in [-0.4, -0.2) is 46.4 Å². The molecule has 1 saturated heterocycles. The highest BCUT2D eigenvalue weighted by molar-refractivity contribution is 7.89. The van der Waals surface area contributed by atoms with E-state index in [9.17, 15) is 13.2 Å². The molecule has 110 valence electrons. The monoisotopic (exact) mass is 299 g/mol. The molecule has 3 rings (SSSR count). The van der Waals surface area contributed by atoms with Crippen molar-refractivity contribution >= 4 is 16.0 Å². The molecule has 1 N–H and O–H groups in total. The van der Waals surface area contributed by atoms with Gasteiger partial charge in [0.05, 0.1) is 12.2 Å². The Morgan fingerprint density at radius 1 is 1.25 bits per heavy atom. The summed E-state index contributed by atoms with van der Waals surface area (Å²) in [7, 11) is -3.59. The molecule has 0 radical (unpaired) electrons. The lowest BCUT2D eigenvalue weighted by Crippen LogP contribution is -2.40. The van der Waals surface area contributed by atoms with E-state index in [2.05, 4.69) is 4.98 Å². The normalized spacial score (nSPS) is 22.0. The van der Waals surface area contributed by atoms with Crippen molar-refractivity contribution in [2.75, 3.05) is 13.1 Å². The summed E-state index contributed by atoms with van der Waals surface area (Å²) in [4.78, 5) is 14.9. The number of nitrogens with zero attached hydrogens (tertiary/aromatic N) is 3. The fraction of sp³-hybridized carbons (Fsp3) is 0.667. The molecule has 2 fully saturated rings. The molecule has 20 heavy (non-hydrogen) atoms. The molecule has 1 aromatic rings. The van der Waals surface area contributed by atoms with Crippen LogP contribution in [0.5, 0.6) is 0 Å². The average molecular weight is 299 g/mol. The van der Waals surface area contributed by atoms with Gasteiger partial charge in [0.25, 0.3) is 10.0 Å².